The van der Waals surface area contributed by atoms with Crippen LogP contribution in [0.25, 0.3) is 56.0 Å². The van der Waals surface area contributed by atoms with Gasteiger partial charge in [-0.05, 0) is 124 Å². The highest BCUT2D eigenvalue weighted by atomic mass is 35.5. The van der Waals surface area contributed by atoms with Gasteiger partial charge in [-0.1, -0.05) is 72.3 Å². The van der Waals surface area contributed by atoms with Gasteiger partial charge in [0.2, 0.25) is 16.5 Å². The van der Waals surface area contributed by atoms with Crippen LogP contribution in [-0.2, 0) is 48.1 Å². The van der Waals surface area contributed by atoms with Gasteiger partial charge < -0.3 is 62.2 Å². The highest BCUT2D eigenvalue weighted by Crippen LogP contribution is 2.38. The fourth-order valence-electron chi connectivity index (χ4n) is 11.1. The predicted molar refractivity (Wildman–Crippen MR) is 332 cm³/mol. The number of benzene rings is 3. The molecule has 0 atom stereocenters. The van der Waals surface area contributed by atoms with Gasteiger partial charge in [-0.3, -0.25) is 0 Å². The third kappa shape index (κ3) is 14.3. The first kappa shape index (κ1) is 62.3. The fraction of sp³-hybridized carbons (Fsp3) is 0.459. The number of aliphatic hydroxyl groups excluding tert-OH is 3. The van der Waals surface area contributed by atoms with Crippen LogP contribution in [0, 0.1) is 0 Å². The fourth-order valence-corrected chi connectivity index (χ4v) is 11.7. The zero-order valence-corrected chi connectivity index (χ0v) is 51.4. The molecule has 0 saturated carbocycles. The molecule has 5 aliphatic heterocycles. The summed E-state index contributed by atoms with van der Waals surface area (Å²) in [5.41, 5.74) is 10.6. The Morgan fingerprint density at radius 2 is 0.885 bits per heavy atom. The van der Waals surface area contributed by atoms with Crippen molar-refractivity contribution in [3.63, 3.8) is 0 Å². The minimum absolute atomic E-state index is 0.00506. The molecular weight excluding hydrogens is 1180 g/mol. The van der Waals surface area contributed by atoms with Crippen molar-refractivity contribution in [1.29, 1.82) is 0 Å². The van der Waals surface area contributed by atoms with Crippen molar-refractivity contribution >= 4 is 86.8 Å². The van der Waals surface area contributed by atoms with Gasteiger partial charge in [0.05, 0.1) is 63.2 Å². The molecule has 26 heteroatoms. The van der Waals surface area contributed by atoms with Gasteiger partial charge in [-0.15, -0.1) is 0 Å². The molecule has 5 fully saturated rings. The maximum Gasteiger partial charge on any atom is 0.494 e. The Kier molecular flexibility index (Phi) is 20.1. The molecule has 87 heavy (non-hydrogen) atoms. The molecule has 458 valence electrons. The van der Waals surface area contributed by atoms with Crippen LogP contribution in [-0.4, -0.2) is 158 Å². The second-order valence-electron chi connectivity index (χ2n) is 22.8. The van der Waals surface area contributed by atoms with Gasteiger partial charge in [0, 0.05) is 82.0 Å². The maximum atomic E-state index is 9.57. The van der Waals surface area contributed by atoms with E-state index < -0.39 is 0 Å². The van der Waals surface area contributed by atoms with Gasteiger partial charge in [-0.2, -0.15) is 15.0 Å². The topological polar surface area (TPSA) is 250 Å². The summed E-state index contributed by atoms with van der Waals surface area (Å²) in [7, 11) is -0.355. The smallest absolute Gasteiger partial charge is 0.399 e. The first-order valence-electron chi connectivity index (χ1n) is 29.4. The molecular formula is C61H71BCl3N13O9. The molecule has 0 radical (unpaired) electrons. The van der Waals surface area contributed by atoms with Gasteiger partial charge in [-0.25, -0.2) is 29.9 Å². The van der Waals surface area contributed by atoms with Crippen LogP contribution in [0.3, 0.4) is 0 Å². The number of hydrogen-bond acceptors (Lipinski definition) is 19. The molecule has 11 heterocycles. The van der Waals surface area contributed by atoms with Gasteiger partial charge >= 0.3 is 7.12 Å². The number of anilines is 1. The number of halogens is 3. The van der Waals surface area contributed by atoms with E-state index in [2.05, 4.69) is 43.9 Å². The Balaban J connectivity index is 0.000000123. The summed E-state index contributed by atoms with van der Waals surface area (Å²) in [6.45, 7) is 15.6. The van der Waals surface area contributed by atoms with Crippen molar-refractivity contribution < 1.29 is 43.6 Å². The zero-order chi connectivity index (χ0) is 60.7. The molecule has 5 saturated heterocycles. The molecule has 0 unspecified atom stereocenters. The van der Waals surface area contributed by atoms with E-state index in [1.807, 2.05) is 118 Å². The molecule has 0 bridgehead atoms. The summed E-state index contributed by atoms with van der Waals surface area (Å²) in [4.78, 5) is 42.4. The lowest BCUT2D eigenvalue weighted by molar-refractivity contribution is 0.00578. The normalized spacial score (nSPS) is 18.3. The maximum absolute atomic E-state index is 9.57. The molecule has 14 rings (SSSR count). The number of nitrogens with zero attached hydrogens (tertiary/aromatic N) is 13. The number of aliphatic hydroxyl groups is 3. The number of rotatable bonds is 10. The Hall–Kier alpha value is -6.32. The van der Waals surface area contributed by atoms with Gasteiger partial charge in [0.1, 0.15) is 27.9 Å². The number of morpholine rings is 1. The van der Waals surface area contributed by atoms with Crippen molar-refractivity contribution in [2.45, 2.75) is 115 Å². The lowest BCUT2D eigenvalue weighted by atomic mass is 9.78. The van der Waals surface area contributed by atoms with Crippen LogP contribution in [0.15, 0.2) is 91.8 Å². The van der Waals surface area contributed by atoms with Crippen molar-refractivity contribution in [2.24, 2.45) is 0 Å². The Labute approximate surface area is 519 Å². The summed E-state index contributed by atoms with van der Waals surface area (Å²) in [6.07, 6.45) is 11.1. The zero-order valence-electron chi connectivity index (χ0n) is 49.1. The second-order valence-corrected chi connectivity index (χ2v) is 23.8. The number of imidazole rings is 3. The van der Waals surface area contributed by atoms with Gasteiger partial charge in [0.15, 0.2) is 22.1 Å². The molecule has 5 aliphatic rings. The Morgan fingerprint density at radius 1 is 0.483 bits per heavy atom. The van der Waals surface area contributed by atoms with Crippen molar-refractivity contribution in [2.75, 3.05) is 70.8 Å². The van der Waals surface area contributed by atoms with E-state index in [4.69, 9.17) is 83.1 Å². The highest BCUT2D eigenvalue weighted by molar-refractivity contribution is 6.62. The Bertz CT molecular complexity index is 3770. The van der Waals surface area contributed by atoms with E-state index in [9.17, 15) is 10.2 Å². The standard InChI is InChI=1S/C21H25N5O3.C17H17ClN4O2.C13H19BO3.C10H10Cl2N4O/c27-13-15-2-1-3-16(12-15)18-19-20(24-21(23-18)25-6-10-29-11-7-25)26(14-22-19)17-4-8-28-9-5-17;18-17-20-14(12-3-1-2-11(8-12)9-23)15-16(21-17)22(10-19-15)13-4-6-24-7-5-13;1-12(2)13(3,4)17-14(16-12)11-7-5-6-10(8-11)9-15;11-8-7-9(15-10(12)14-8)16(5-13-7)6-1-3-17-4-2-6/h1-3,12,14,17,27H,4-11,13H2;1-3,8,10,13,23H,4-7,9H2;5-8,15H,9H2,1-4H3;5-6H,1-4H2. The minimum atomic E-state index is -0.355. The van der Waals surface area contributed by atoms with Crippen molar-refractivity contribution in [3.05, 3.63) is 124 Å². The summed E-state index contributed by atoms with van der Waals surface area (Å²) >= 11 is 18.0. The van der Waals surface area contributed by atoms with Gasteiger partial charge in [0.25, 0.3) is 0 Å². The molecule has 0 aliphatic carbocycles. The van der Waals surface area contributed by atoms with Crippen LogP contribution in [0.4, 0.5) is 5.95 Å². The lowest BCUT2D eigenvalue weighted by Crippen LogP contribution is -2.41. The average Bonchev–Trinajstić information content (AvgIpc) is 3.46. The summed E-state index contributed by atoms with van der Waals surface area (Å²) in [5.74, 6) is 0.707. The summed E-state index contributed by atoms with van der Waals surface area (Å²) in [6, 6.07) is 24.1. The summed E-state index contributed by atoms with van der Waals surface area (Å²) in [5, 5.41) is 28.7. The number of ether oxygens (including phenoxy) is 4. The highest BCUT2D eigenvalue weighted by Gasteiger charge is 2.51. The van der Waals surface area contributed by atoms with Crippen LogP contribution in [0.2, 0.25) is 15.7 Å². The monoisotopic (exact) mass is 1250 g/mol. The molecule has 3 aromatic carbocycles. The predicted octanol–water partition coefficient (Wildman–Crippen LogP) is 9.13. The van der Waals surface area contributed by atoms with E-state index in [0.29, 0.717) is 59.3 Å². The largest absolute Gasteiger partial charge is 0.494 e. The number of hydrogen-bond donors (Lipinski definition) is 3. The van der Waals surface area contributed by atoms with Crippen molar-refractivity contribution in [1.82, 2.24) is 58.6 Å². The quantitative estimate of drug-likeness (QED) is 0.0656. The molecule has 6 aromatic heterocycles. The van der Waals surface area contributed by atoms with E-state index in [1.165, 1.54) is 0 Å². The molecule has 0 amide bonds. The average molecular weight is 1250 g/mol. The molecule has 3 N–H and O–H groups in total. The third-order valence-electron chi connectivity index (χ3n) is 16.6. The first-order chi connectivity index (χ1) is 42.2. The van der Waals surface area contributed by atoms with E-state index in [0.717, 1.165) is 153 Å². The lowest BCUT2D eigenvalue weighted by Gasteiger charge is -2.32. The molecule has 9 aromatic rings. The number of fused-ring (bicyclic) bond motifs is 3. The van der Waals surface area contributed by atoms with E-state index in [1.54, 1.807) is 6.33 Å². The Morgan fingerprint density at radius 3 is 1.37 bits per heavy atom. The van der Waals surface area contributed by atoms with Crippen LogP contribution < -0.4 is 10.4 Å². The third-order valence-corrected chi connectivity index (χ3v) is 17.2. The first-order valence-corrected chi connectivity index (χ1v) is 30.6. The SMILES string of the molecule is CC1(C)OB(c2cccc(CO)c2)OC1(C)C.Clc1nc(Cl)c2ncn(C3CCOCC3)c2n1.OCc1cccc(-c2nc(Cl)nc3c2ncn3C2CCOCC2)c1.OCc1cccc(-c2nc(N3CCOCC3)nc3c2ncn3C2CCOCC2)c1. The van der Waals surface area contributed by atoms with Crippen molar-refractivity contribution in [3.8, 4) is 22.5 Å². The van der Waals surface area contributed by atoms with Crippen LogP contribution in [0.5, 0.6) is 0 Å². The van der Waals surface area contributed by atoms with Crippen LogP contribution >= 0.6 is 34.8 Å². The second kappa shape index (κ2) is 28.0. The number of aromatic nitrogens is 12. The summed E-state index contributed by atoms with van der Waals surface area (Å²) < 4.78 is 40.0. The van der Waals surface area contributed by atoms with Crippen LogP contribution in [0.1, 0.15) is 101 Å². The minimum Gasteiger partial charge on any atom is -0.399 e. The molecule has 0 spiro atoms. The van der Waals surface area contributed by atoms with E-state index in [-0.39, 0.29) is 48.7 Å². The van der Waals surface area contributed by atoms with E-state index >= 15 is 0 Å². The molecule has 22 nitrogen and oxygen atoms in total.